The van der Waals surface area contributed by atoms with Crippen LogP contribution in [0.5, 0.6) is 0 Å². The molecule has 0 aliphatic carbocycles. The molecule has 0 amide bonds. The second-order valence-electron chi connectivity index (χ2n) is 11.7. The van der Waals surface area contributed by atoms with Gasteiger partial charge in [0, 0.05) is 0 Å². The third-order valence-electron chi connectivity index (χ3n) is 7.90. The lowest BCUT2D eigenvalue weighted by Crippen LogP contribution is -1.87. The highest BCUT2D eigenvalue weighted by atomic mass is 16.1. The minimum atomic E-state index is 0.592. The fraction of sp³-hybridized carbons (Fsp3) is 0.0682. The fourth-order valence-electron chi connectivity index (χ4n) is 5.19. The van der Waals surface area contributed by atoms with Crippen LogP contribution in [-0.2, 0) is 38.4 Å². The van der Waals surface area contributed by atoms with Gasteiger partial charge in [-0.15, -0.1) is 0 Å². The van der Waals surface area contributed by atoms with Crippen LogP contribution in [0.4, 0.5) is 34.1 Å². The molecule has 0 bridgehead atoms. The molecule has 0 aromatic heterocycles. The van der Waals surface area contributed by atoms with Crippen molar-refractivity contribution in [2.24, 2.45) is 30.0 Å². The van der Waals surface area contributed by atoms with Gasteiger partial charge in [0.25, 0.3) is 0 Å². The molecule has 0 N–H and O–H groups in total. The second kappa shape index (κ2) is 20.2. The number of hydrogen-bond donors (Lipinski definition) is 0. The molecule has 0 heterocycles. The number of benzene rings is 6. The van der Waals surface area contributed by atoms with Crippen LogP contribution in [0, 0.1) is 0 Å². The van der Waals surface area contributed by atoms with E-state index in [1.54, 1.807) is 60.7 Å². The van der Waals surface area contributed by atoms with E-state index >= 15 is 0 Å². The molecule has 10 heteroatoms. The first-order valence-corrected chi connectivity index (χ1v) is 16.5. The summed E-state index contributed by atoms with van der Waals surface area (Å²) < 4.78 is 0. The zero-order valence-electron chi connectivity index (χ0n) is 28.8. The molecule has 260 valence electrons. The Morgan fingerprint density at radius 2 is 0.426 bits per heavy atom. The molecule has 6 aromatic carbocycles. The van der Waals surface area contributed by atoms with Gasteiger partial charge in [0.15, 0.2) is 0 Å². The van der Waals surface area contributed by atoms with Gasteiger partial charge in [0.05, 0.1) is 34.1 Å². The Kier molecular flexibility index (Phi) is 14.0. The van der Waals surface area contributed by atoms with Crippen molar-refractivity contribution >= 4 is 64.5 Å². The summed E-state index contributed by atoms with van der Waals surface area (Å²) in [5.41, 5.74) is 10.7. The Labute approximate surface area is 311 Å². The van der Waals surface area contributed by atoms with Gasteiger partial charge in [-0.25, -0.2) is 19.2 Å². The summed E-state index contributed by atoms with van der Waals surface area (Å²) in [4.78, 5) is 63.7. The molecular weight excluding hydrogens is 677 g/mol. The summed E-state index contributed by atoms with van der Waals surface area (Å²) in [5, 5.41) is 0. The SMILES string of the molecule is O=C=Nc1ccc(Cc2ccc(N=C=Nc3ccc(Cc4ccc(N=C=O)cc4)cc3)cc2)cc1.O=C=Nc1ccc(Cc2ccc(N=C=O)cc2)cc1. The standard InChI is InChI=1S/C29H20N4O2.C15H10N2O2/c34-20-32-28-13-5-24(6-14-28)17-22-1-9-26(10-2-22)30-19-31-27-11-3-23(4-12-27)18-25-7-15-29(16-8-25)33-21-35;18-10-16-14-5-1-12(2-6-14)9-13-3-7-15(8-4-13)17-11-19/h1-16H,17-18H2;1-8H,9H2. The molecule has 0 saturated heterocycles. The quantitative estimate of drug-likeness (QED) is 0.0922. The lowest BCUT2D eigenvalue weighted by Gasteiger charge is -2.03. The Bertz CT molecular complexity index is 2240. The van der Waals surface area contributed by atoms with E-state index in [0.29, 0.717) is 22.7 Å². The molecule has 6 rings (SSSR count). The first-order chi connectivity index (χ1) is 26.5. The van der Waals surface area contributed by atoms with Crippen LogP contribution in [0.1, 0.15) is 33.4 Å². The summed E-state index contributed by atoms with van der Waals surface area (Å²) >= 11 is 0. The van der Waals surface area contributed by atoms with E-state index in [2.05, 4.69) is 36.0 Å². The first kappa shape index (κ1) is 37.5. The molecule has 0 aliphatic rings. The van der Waals surface area contributed by atoms with Gasteiger partial charge in [-0.3, -0.25) is 0 Å². The van der Waals surface area contributed by atoms with Gasteiger partial charge in [-0.2, -0.15) is 30.0 Å². The summed E-state index contributed by atoms with van der Waals surface area (Å²) in [6.45, 7) is 0. The zero-order valence-corrected chi connectivity index (χ0v) is 28.8. The lowest BCUT2D eigenvalue weighted by atomic mass is 10.0. The highest BCUT2D eigenvalue weighted by Crippen LogP contribution is 2.21. The highest BCUT2D eigenvalue weighted by molar-refractivity contribution is 5.58. The van der Waals surface area contributed by atoms with E-state index in [-0.39, 0.29) is 0 Å². The number of hydrogen-bond acceptors (Lipinski definition) is 10. The topological polar surface area (TPSA) is 142 Å². The van der Waals surface area contributed by atoms with Crippen LogP contribution in [0.2, 0.25) is 0 Å². The first-order valence-electron chi connectivity index (χ1n) is 16.5. The number of aliphatic imine (C=N–C) groups is 6. The van der Waals surface area contributed by atoms with Gasteiger partial charge in [-0.05, 0) is 125 Å². The maximum Gasteiger partial charge on any atom is 0.240 e. The number of isocyanates is 4. The average Bonchev–Trinajstić information content (AvgIpc) is 3.20. The van der Waals surface area contributed by atoms with Gasteiger partial charge in [-0.1, -0.05) is 72.8 Å². The van der Waals surface area contributed by atoms with Crippen molar-refractivity contribution in [2.75, 3.05) is 0 Å². The molecule has 0 saturated carbocycles. The predicted octanol–water partition coefficient (Wildman–Crippen LogP) is 10.2. The summed E-state index contributed by atoms with van der Waals surface area (Å²) in [6.07, 6.45) is 8.39. The van der Waals surface area contributed by atoms with Crippen molar-refractivity contribution in [3.63, 3.8) is 0 Å². The van der Waals surface area contributed by atoms with Gasteiger partial charge in [0.2, 0.25) is 24.3 Å². The monoisotopic (exact) mass is 706 g/mol. The third kappa shape index (κ3) is 12.2. The maximum atomic E-state index is 10.3. The van der Waals surface area contributed by atoms with Gasteiger partial charge >= 0.3 is 0 Å². The molecule has 0 fully saturated rings. The van der Waals surface area contributed by atoms with Crippen molar-refractivity contribution in [3.8, 4) is 0 Å². The zero-order chi connectivity index (χ0) is 37.8. The molecule has 0 unspecified atom stereocenters. The van der Waals surface area contributed by atoms with Crippen LogP contribution in [0.3, 0.4) is 0 Å². The largest absolute Gasteiger partial charge is 0.240 e. The molecule has 6 aromatic rings. The van der Waals surface area contributed by atoms with Crippen molar-refractivity contribution in [1.29, 1.82) is 0 Å². The molecule has 0 radical (unpaired) electrons. The minimum Gasteiger partial charge on any atom is -0.211 e. The van der Waals surface area contributed by atoms with E-state index in [0.717, 1.165) is 64.0 Å². The van der Waals surface area contributed by atoms with Gasteiger partial charge < -0.3 is 0 Å². The molecule has 0 atom stereocenters. The van der Waals surface area contributed by atoms with Crippen molar-refractivity contribution < 1.29 is 19.2 Å². The van der Waals surface area contributed by atoms with Crippen LogP contribution >= 0.6 is 0 Å². The minimum absolute atomic E-state index is 0.592. The number of nitrogens with zero attached hydrogens (tertiary/aromatic N) is 6. The van der Waals surface area contributed by atoms with Crippen LogP contribution in [-0.4, -0.2) is 30.3 Å². The van der Waals surface area contributed by atoms with Crippen molar-refractivity contribution in [1.82, 2.24) is 0 Å². The Morgan fingerprint density at radius 3 is 0.593 bits per heavy atom. The molecule has 10 nitrogen and oxygen atoms in total. The summed E-state index contributed by atoms with van der Waals surface area (Å²) in [6, 6.07) is 48.2. The fourth-order valence-corrected chi connectivity index (χ4v) is 5.19. The summed E-state index contributed by atoms with van der Waals surface area (Å²) in [7, 11) is 0. The number of carbonyl (C=O) groups excluding carboxylic acids is 4. The van der Waals surface area contributed by atoms with E-state index in [1.165, 1.54) is 12.2 Å². The highest BCUT2D eigenvalue weighted by Gasteiger charge is 2.01. The van der Waals surface area contributed by atoms with Crippen LogP contribution < -0.4 is 0 Å². The third-order valence-corrected chi connectivity index (χ3v) is 7.90. The lowest BCUT2D eigenvalue weighted by molar-refractivity contribution is 0.564. The molecule has 54 heavy (non-hydrogen) atoms. The van der Waals surface area contributed by atoms with E-state index in [9.17, 15) is 19.2 Å². The normalized spacial score (nSPS) is 9.63. The Balaban J connectivity index is 0.000000249. The smallest absolute Gasteiger partial charge is 0.211 e. The molecule has 0 spiro atoms. The second-order valence-corrected chi connectivity index (χ2v) is 11.7. The predicted molar refractivity (Wildman–Crippen MR) is 207 cm³/mol. The van der Waals surface area contributed by atoms with E-state index < -0.39 is 0 Å². The molecule has 0 aliphatic heterocycles. The van der Waals surface area contributed by atoms with E-state index in [1.807, 2.05) is 97.1 Å². The summed E-state index contributed by atoms with van der Waals surface area (Å²) in [5.74, 6) is 0. The Morgan fingerprint density at radius 1 is 0.259 bits per heavy atom. The Hall–Kier alpha value is -7.78. The maximum absolute atomic E-state index is 10.3. The van der Waals surface area contributed by atoms with Crippen molar-refractivity contribution in [2.45, 2.75) is 19.3 Å². The van der Waals surface area contributed by atoms with Crippen LogP contribution in [0.15, 0.2) is 176 Å². The van der Waals surface area contributed by atoms with Crippen LogP contribution in [0.25, 0.3) is 0 Å². The number of rotatable bonds is 12. The average molecular weight is 707 g/mol. The van der Waals surface area contributed by atoms with E-state index in [4.69, 9.17) is 0 Å². The van der Waals surface area contributed by atoms with Gasteiger partial charge in [0.1, 0.15) is 6.01 Å². The van der Waals surface area contributed by atoms with Crippen molar-refractivity contribution in [3.05, 3.63) is 179 Å². The molecular formula is C44H30N6O4.